The quantitative estimate of drug-likeness (QED) is 0.833. The summed E-state index contributed by atoms with van der Waals surface area (Å²) in [5.41, 5.74) is 1.94. The van der Waals surface area contributed by atoms with Gasteiger partial charge in [-0.25, -0.2) is 0 Å². The molecule has 0 aliphatic heterocycles. The van der Waals surface area contributed by atoms with Gasteiger partial charge in [-0.2, -0.15) is 0 Å². The SMILES string of the molecule is O=C(N[C@@H]1CC[C@@H]1c1ccccc1)c1cncc(I)c1. The molecule has 3 rings (SSSR count). The molecule has 2 atom stereocenters. The van der Waals surface area contributed by atoms with Gasteiger partial charge in [0.2, 0.25) is 0 Å². The fourth-order valence-corrected chi connectivity index (χ4v) is 3.06. The molecule has 0 saturated heterocycles. The van der Waals surface area contributed by atoms with Crippen molar-refractivity contribution in [3.8, 4) is 0 Å². The summed E-state index contributed by atoms with van der Waals surface area (Å²) in [6.07, 6.45) is 5.54. The molecule has 1 fully saturated rings. The Balaban J connectivity index is 1.68. The maximum absolute atomic E-state index is 12.2. The molecule has 1 heterocycles. The van der Waals surface area contributed by atoms with Crippen molar-refractivity contribution in [1.82, 2.24) is 10.3 Å². The van der Waals surface area contributed by atoms with Crippen LogP contribution in [-0.2, 0) is 0 Å². The van der Waals surface area contributed by atoms with Crippen LogP contribution in [-0.4, -0.2) is 16.9 Å². The Morgan fingerprint density at radius 2 is 2.00 bits per heavy atom. The fourth-order valence-electron chi connectivity index (χ4n) is 2.56. The van der Waals surface area contributed by atoms with Crippen molar-refractivity contribution in [1.29, 1.82) is 0 Å². The Hall–Kier alpha value is -1.43. The predicted octanol–water partition coefficient (Wildman–Crippen LogP) is 3.36. The van der Waals surface area contributed by atoms with Gasteiger partial charge in [0.1, 0.15) is 0 Å². The van der Waals surface area contributed by atoms with Gasteiger partial charge >= 0.3 is 0 Å². The third kappa shape index (κ3) is 2.85. The zero-order valence-electron chi connectivity index (χ0n) is 10.9. The molecule has 20 heavy (non-hydrogen) atoms. The maximum atomic E-state index is 12.2. The minimum Gasteiger partial charge on any atom is -0.349 e. The molecule has 1 saturated carbocycles. The van der Waals surface area contributed by atoms with Crippen LogP contribution in [0.25, 0.3) is 0 Å². The summed E-state index contributed by atoms with van der Waals surface area (Å²) in [7, 11) is 0. The lowest BCUT2D eigenvalue weighted by molar-refractivity contribution is 0.0904. The second kappa shape index (κ2) is 5.91. The minimum atomic E-state index is -0.0263. The van der Waals surface area contributed by atoms with Crippen molar-refractivity contribution >= 4 is 28.5 Å². The molecule has 0 bridgehead atoms. The molecule has 3 nitrogen and oxygen atoms in total. The largest absolute Gasteiger partial charge is 0.349 e. The van der Waals surface area contributed by atoms with Gasteiger partial charge in [-0.15, -0.1) is 0 Å². The smallest absolute Gasteiger partial charge is 0.253 e. The molecule has 1 N–H and O–H groups in total. The highest BCUT2D eigenvalue weighted by Gasteiger charge is 2.33. The van der Waals surface area contributed by atoms with Crippen LogP contribution in [0.15, 0.2) is 48.8 Å². The van der Waals surface area contributed by atoms with Gasteiger partial charge in [0.05, 0.1) is 5.56 Å². The van der Waals surface area contributed by atoms with Crippen LogP contribution in [0.5, 0.6) is 0 Å². The molecule has 1 aromatic heterocycles. The summed E-state index contributed by atoms with van der Waals surface area (Å²) in [6, 6.07) is 12.5. The predicted molar refractivity (Wildman–Crippen MR) is 86.6 cm³/mol. The lowest BCUT2D eigenvalue weighted by atomic mass is 9.75. The van der Waals surface area contributed by atoms with Gasteiger partial charge in [0.15, 0.2) is 0 Å². The Morgan fingerprint density at radius 3 is 2.65 bits per heavy atom. The fraction of sp³-hybridized carbons (Fsp3) is 0.250. The second-order valence-corrected chi connectivity index (χ2v) is 6.31. The molecule has 1 aliphatic rings. The van der Waals surface area contributed by atoms with Crippen molar-refractivity contribution < 1.29 is 4.79 Å². The van der Waals surface area contributed by atoms with Crippen molar-refractivity contribution in [2.45, 2.75) is 24.8 Å². The molecule has 4 heteroatoms. The summed E-state index contributed by atoms with van der Waals surface area (Å²) in [5, 5.41) is 3.13. The normalized spacial score (nSPS) is 21.1. The number of halogens is 1. The molecule has 1 amide bonds. The molecule has 1 aromatic carbocycles. The highest BCUT2D eigenvalue weighted by atomic mass is 127. The van der Waals surface area contributed by atoms with E-state index in [4.69, 9.17) is 0 Å². The van der Waals surface area contributed by atoms with E-state index in [0.29, 0.717) is 11.5 Å². The topological polar surface area (TPSA) is 42.0 Å². The molecule has 102 valence electrons. The molecular formula is C16H15IN2O. The highest BCUT2D eigenvalue weighted by molar-refractivity contribution is 14.1. The number of hydrogen-bond donors (Lipinski definition) is 1. The monoisotopic (exact) mass is 378 g/mol. The first-order chi connectivity index (χ1) is 9.74. The number of amides is 1. The number of nitrogens with zero attached hydrogens (tertiary/aromatic N) is 1. The van der Waals surface area contributed by atoms with Crippen LogP contribution < -0.4 is 5.32 Å². The van der Waals surface area contributed by atoms with Gasteiger partial charge < -0.3 is 5.32 Å². The number of carbonyl (C=O) groups excluding carboxylic acids is 1. The maximum Gasteiger partial charge on any atom is 0.253 e. The average molecular weight is 378 g/mol. The number of hydrogen-bond acceptors (Lipinski definition) is 2. The third-order valence-electron chi connectivity index (χ3n) is 3.79. The summed E-state index contributed by atoms with van der Waals surface area (Å²) in [6.45, 7) is 0. The minimum absolute atomic E-state index is 0.0263. The molecule has 0 unspecified atom stereocenters. The van der Waals surface area contributed by atoms with Gasteiger partial charge in [-0.05, 0) is 47.1 Å². The van der Waals surface area contributed by atoms with E-state index < -0.39 is 0 Å². The molecule has 0 spiro atoms. The first kappa shape index (κ1) is 13.5. The van der Waals surface area contributed by atoms with Gasteiger partial charge in [-0.1, -0.05) is 30.3 Å². The standard InChI is InChI=1S/C16H15IN2O/c17-13-8-12(9-18-10-13)16(20)19-15-7-6-14(15)11-4-2-1-3-5-11/h1-5,8-10,14-15H,6-7H2,(H,19,20)/t14-,15-/m1/s1. The highest BCUT2D eigenvalue weighted by Crippen LogP contribution is 2.36. The van der Waals surface area contributed by atoms with Crippen LogP contribution in [0.1, 0.15) is 34.7 Å². The van der Waals surface area contributed by atoms with Gasteiger partial charge in [0.25, 0.3) is 5.91 Å². The van der Waals surface area contributed by atoms with Crippen molar-refractivity contribution in [2.75, 3.05) is 0 Å². The first-order valence-electron chi connectivity index (χ1n) is 6.70. The Kier molecular flexibility index (Phi) is 4.00. The average Bonchev–Trinajstić information content (AvgIpc) is 2.44. The van der Waals surface area contributed by atoms with E-state index in [-0.39, 0.29) is 11.9 Å². The zero-order chi connectivity index (χ0) is 13.9. The van der Waals surface area contributed by atoms with Crippen molar-refractivity contribution in [3.63, 3.8) is 0 Å². The van der Waals surface area contributed by atoms with Crippen LogP contribution in [0.3, 0.4) is 0 Å². The third-order valence-corrected chi connectivity index (χ3v) is 4.38. The Morgan fingerprint density at radius 1 is 1.20 bits per heavy atom. The van der Waals surface area contributed by atoms with E-state index in [1.54, 1.807) is 12.4 Å². The molecule has 0 radical (unpaired) electrons. The zero-order valence-corrected chi connectivity index (χ0v) is 13.1. The van der Waals surface area contributed by atoms with E-state index in [1.165, 1.54) is 5.56 Å². The molecule has 1 aliphatic carbocycles. The summed E-state index contributed by atoms with van der Waals surface area (Å²) in [4.78, 5) is 16.3. The summed E-state index contributed by atoms with van der Waals surface area (Å²) in [5.74, 6) is 0.414. The lowest BCUT2D eigenvalue weighted by Gasteiger charge is -2.37. The van der Waals surface area contributed by atoms with E-state index in [9.17, 15) is 4.79 Å². The number of aromatic nitrogens is 1. The van der Waals surface area contributed by atoms with E-state index in [1.807, 2.05) is 12.1 Å². The van der Waals surface area contributed by atoms with Crippen LogP contribution in [0.4, 0.5) is 0 Å². The molecular weight excluding hydrogens is 363 g/mol. The number of nitrogens with one attached hydrogen (secondary N) is 1. The number of rotatable bonds is 3. The van der Waals surface area contributed by atoms with E-state index >= 15 is 0 Å². The van der Waals surface area contributed by atoms with Crippen molar-refractivity contribution in [2.24, 2.45) is 0 Å². The van der Waals surface area contributed by atoms with Crippen LogP contribution in [0.2, 0.25) is 0 Å². The number of pyridine rings is 1. The van der Waals surface area contributed by atoms with E-state index in [0.717, 1.165) is 16.4 Å². The van der Waals surface area contributed by atoms with Crippen molar-refractivity contribution in [3.05, 3.63) is 63.5 Å². The summed E-state index contributed by atoms with van der Waals surface area (Å²) < 4.78 is 0.975. The van der Waals surface area contributed by atoms with E-state index in [2.05, 4.69) is 57.2 Å². The number of benzene rings is 1. The lowest BCUT2D eigenvalue weighted by Crippen LogP contribution is -2.45. The first-order valence-corrected chi connectivity index (χ1v) is 7.78. The van der Waals surface area contributed by atoms with Gasteiger partial charge in [0, 0.05) is 27.9 Å². The Labute approximate surface area is 132 Å². The van der Waals surface area contributed by atoms with Crippen LogP contribution >= 0.6 is 22.6 Å². The summed E-state index contributed by atoms with van der Waals surface area (Å²) >= 11 is 2.17. The van der Waals surface area contributed by atoms with Crippen LogP contribution in [0, 0.1) is 3.57 Å². The van der Waals surface area contributed by atoms with Gasteiger partial charge in [-0.3, -0.25) is 9.78 Å². The molecule has 2 aromatic rings. The second-order valence-electron chi connectivity index (χ2n) is 5.07. The number of carbonyl (C=O) groups is 1. The Bertz CT molecular complexity index is 615.